The first-order valence-corrected chi connectivity index (χ1v) is 13.1. The molecule has 0 bridgehead atoms. The van der Waals surface area contributed by atoms with Crippen LogP contribution in [0.2, 0.25) is 0 Å². The van der Waals surface area contributed by atoms with E-state index in [0.717, 1.165) is 41.6 Å². The molecule has 196 valence electrons. The van der Waals surface area contributed by atoms with Gasteiger partial charge in [0.05, 0.1) is 12.6 Å². The molecule has 1 saturated heterocycles. The van der Waals surface area contributed by atoms with Crippen molar-refractivity contribution in [3.8, 4) is 22.6 Å². The molecular weight excluding hydrogens is 464 g/mol. The van der Waals surface area contributed by atoms with E-state index in [-0.39, 0.29) is 17.8 Å². The molecule has 0 aliphatic carbocycles. The highest BCUT2D eigenvalue weighted by molar-refractivity contribution is 5.68. The molecule has 1 heterocycles. The van der Waals surface area contributed by atoms with Crippen molar-refractivity contribution >= 4 is 6.09 Å². The number of hydrogen-bond donors (Lipinski definition) is 2. The number of phenols is 1. The summed E-state index contributed by atoms with van der Waals surface area (Å²) in [6, 6.07) is 24.2. The second kappa shape index (κ2) is 11.7. The van der Waals surface area contributed by atoms with Crippen LogP contribution in [-0.4, -0.2) is 47.4 Å². The molecule has 2 N–H and O–H groups in total. The SMILES string of the molecule is CCOc1cccc(C(c2ccc(-c3ccccc3)cc2)N2CCCC(NC(=O)OC(C)(C)C)C2)c1O. The van der Waals surface area contributed by atoms with Crippen LogP contribution in [0.25, 0.3) is 11.1 Å². The van der Waals surface area contributed by atoms with E-state index in [1.54, 1.807) is 6.07 Å². The topological polar surface area (TPSA) is 71.0 Å². The number of nitrogens with zero attached hydrogens (tertiary/aromatic N) is 1. The van der Waals surface area contributed by atoms with Gasteiger partial charge < -0.3 is 19.9 Å². The van der Waals surface area contributed by atoms with Crippen LogP contribution in [-0.2, 0) is 4.74 Å². The van der Waals surface area contributed by atoms with Gasteiger partial charge in [-0.1, -0.05) is 66.7 Å². The van der Waals surface area contributed by atoms with E-state index < -0.39 is 11.7 Å². The Bertz CT molecular complexity index is 1170. The lowest BCUT2D eigenvalue weighted by Crippen LogP contribution is -2.49. The molecular formula is C31H38N2O4. The molecule has 6 nitrogen and oxygen atoms in total. The number of aromatic hydroxyl groups is 1. The number of carbonyl (C=O) groups is 1. The van der Waals surface area contributed by atoms with Gasteiger partial charge in [-0.25, -0.2) is 4.79 Å². The average molecular weight is 503 g/mol. The minimum Gasteiger partial charge on any atom is -0.504 e. The molecule has 1 aliphatic rings. The van der Waals surface area contributed by atoms with E-state index >= 15 is 0 Å². The Hall–Kier alpha value is -3.51. The van der Waals surface area contributed by atoms with Crippen molar-refractivity contribution < 1.29 is 19.4 Å². The molecule has 0 spiro atoms. The summed E-state index contributed by atoms with van der Waals surface area (Å²) in [6.07, 6.45) is 1.40. The van der Waals surface area contributed by atoms with Crippen LogP contribution >= 0.6 is 0 Å². The third kappa shape index (κ3) is 6.83. The summed E-state index contributed by atoms with van der Waals surface area (Å²) in [5, 5.41) is 14.3. The second-order valence-corrected chi connectivity index (χ2v) is 10.5. The highest BCUT2D eigenvalue weighted by Crippen LogP contribution is 2.41. The van der Waals surface area contributed by atoms with E-state index in [0.29, 0.717) is 18.9 Å². The fourth-order valence-corrected chi connectivity index (χ4v) is 4.94. The zero-order valence-electron chi connectivity index (χ0n) is 22.2. The number of benzene rings is 3. The molecule has 37 heavy (non-hydrogen) atoms. The lowest BCUT2D eigenvalue weighted by Gasteiger charge is -2.39. The van der Waals surface area contributed by atoms with Gasteiger partial charge in [-0.05, 0) is 69.8 Å². The Morgan fingerprint density at radius 3 is 2.41 bits per heavy atom. The van der Waals surface area contributed by atoms with Gasteiger partial charge in [0.1, 0.15) is 5.60 Å². The van der Waals surface area contributed by atoms with Crippen molar-refractivity contribution in [1.29, 1.82) is 0 Å². The summed E-state index contributed by atoms with van der Waals surface area (Å²) >= 11 is 0. The number of amides is 1. The fraction of sp³-hybridized carbons (Fsp3) is 0.387. The lowest BCUT2D eigenvalue weighted by molar-refractivity contribution is 0.0461. The number of nitrogens with one attached hydrogen (secondary N) is 1. The van der Waals surface area contributed by atoms with E-state index in [4.69, 9.17) is 9.47 Å². The highest BCUT2D eigenvalue weighted by Gasteiger charge is 2.32. The minimum atomic E-state index is -0.549. The van der Waals surface area contributed by atoms with Crippen LogP contribution < -0.4 is 10.1 Å². The predicted octanol–water partition coefficient (Wildman–Crippen LogP) is 6.54. The van der Waals surface area contributed by atoms with Crippen molar-refractivity contribution in [3.05, 3.63) is 83.9 Å². The van der Waals surface area contributed by atoms with Crippen LogP contribution in [0.3, 0.4) is 0 Å². The number of alkyl carbamates (subject to hydrolysis) is 1. The molecule has 4 rings (SSSR count). The van der Waals surface area contributed by atoms with Crippen molar-refractivity contribution in [2.75, 3.05) is 19.7 Å². The number of ether oxygens (including phenoxy) is 2. The number of rotatable bonds is 7. The number of phenolic OH excluding ortho intramolecular Hbond substituents is 1. The van der Waals surface area contributed by atoms with Gasteiger partial charge in [0, 0.05) is 18.2 Å². The summed E-state index contributed by atoms with van der Waals surface area (Å²) < 4.78 is 11.2. The van der Waals surface area contributed by atoms with E-state index in [1.807, 2.05) is 58.0 Å². The number of para-hydroxylation sites is 1. The van der Waals surface area contributed by atoms with Crippen molar-refractivity contribution in [3.63, 3.8) is 0 Å². The minimum absolute atomic E-state index is 0.0492. The zero-order valence-corrected chi connectivity index (χ0v) is 22.2. The van der Waals surface area contributed by atoms with Gasteiger partial charge in [-0.15, -0.1) is 0 Å². The number of carbonyl (C=O) groups excluding carboxylic acids is 1. The van der Waals surface area contributed by atoms with E-state index in [2.05, 4.69) is 46.6 Å². The van der Waals surface area contributed by atoms with Crippen LogP contribution in [0.1, 0.15) is 57.7 Å². The first-order chi connectivity index (χ1) is 17.7. The van der Waals surface area contributed by atoms with Crippen molar-refractivity contribution in [2.45, 2.75) is 58.2 Å². The van der Waals surface area contributed by atoms with Gasteiger partial charge >= 0.3 is 6.09 Å². The maximum atomic E-state index is 12.5. The molecule has 0 radical (unpaired) electrons. The first kappa shape index (κ1) is 26.6. The molecule has 0 aromatic heterocycles. The lowest BCUT2D eigenvalue weighted by atomic mass is 9.92. The summed E-state index contributed by atoms with van der Waals surface area (Å²) in [6.45, 7) is 9.45. The summed E-state index contributed by atoms with van der Waals surface area (Å²) in [5.41, 5.74) is 3.61. The zero-order chi connectivity index (χ0) is 26.4. The summed E-state index contributed by atoms with van der Waals surface area (Å²) in [7, 11) is 0. The summed E-state index contributed by atoms with van der Waals surface area (Å²) in [5.74, 6) is 0.634. The van der Waals surface area contributed by atoms with Crippen LogP contribution in [0, 0.1) is 0 Å². The average Bonchev–Trinajstić information content (AvgIpc) is 2.86. The van der Waals surface area contributed by atoms with Gasteiger partial charge in [0.25, 0.3) is 0 Å². The molecule has 2 atom stereocenters. The van der Waals surface area contributed by atoms with E-state index in [9.17, 15) is 9.90 Å². The third-order valence-corrected chi connectivity index (χ3v) is 6.50. The second-order valence-electron chi connectivity index (χ2n) is 10.5. The molecule has 6 heteroatoms. The number of piperidine rings is 1. The van der Waals surface area contributed by atoms with Crippen LogP contribution in [0.5, 0.6) is 11.5 Å². The van der Waals surface area contributed by atoms with Gasteiger partial charge in [-0.2, -0.15) is 0 Å². The Balaban J connectivity index is 1.65. The Morgan fingerprint density at radius 2 is 1.73 bits per heavy atom. The molecule has 3 aromatic carbocycles. The van der Waals surface area contributed by atoms with Crippen LogP contribution in [0.4, 0.5) is 4.79 Å². The van der Waals surface area contributed by atoms with Gasteiger partial charge in [0.15, 0.2) is 11.5 Å². The van der Waals surface area contributed by atoms with Gasteiger partial charge in [-0.3, -0.25) is 4.90 Å². The Labute approximate surface area is 220 Å². The number of hydrogen-bond acceptors (Lipinski definition) is 5. The molecule has 1 aliphatic heterocycles. The molecule has 3 aromatic rings. The largest absolute Gasteiger partial charge is 0.504 e. The quantitative estimate of drug-likeness (QED) is 0.384. The highest BCUT2D eigenvalue weighted by atomic mass is 16.6. The number of likely N-dealkylation sites (tertiary alicyclic amines) is 1. The molecule has 1 fully saturated rings. The molecule has 1 amide bonds. The maximum Gasteiger partial charge on any atom is 0.407 e. The monoisotopic (exact) mass is 502 g/mol. The van der Waals surface area contributed by atoms with Crippen LogP contribution in [0.15, 0.2) is 72.8 Å². The maximum absolute atomic E-state index is 12.5. The third-order valence-electron chi connectivity index (χ3n) is 6.50. The standard InChI is InChI=1S/C31H38N2O4/c1-5-36-27-15-9-14-26(29(27)34)28(24-18-16-23(17-19-24)22-11-7-6-8-12-22)33-20-10-13-25(21-33)32-30(35)37-31(2,3)4/h6-9,11-12,14-19,25,28,34H,5,10,13,20-21H2,1-4H3,(H,32,35). The molecule has 2 unspecified atom stereocenters. The molecule has 0 saturated carbocycles. The van der Waals surface area contributed by atoms with Crippen molar-refractivity contribution in [1.82, 2.24) is 10.2 Å². The Morgan fingerprint density at radius 1 is 1.03 bits per heavy atom. The predicted molar refractivity (Wildman–Crippen MR) is 147 cm³/mol. The van der Waals surface area contributed by atoms with Gasteiger partial charge in [0.2, 0.25) is 0 Å². The summed E-state index contributed by atoms with van der Waals surface area (Å²) in [4.78, 5) is 14.8. The normalized spacial score (nSPS) is 17.1. The fourth-order valence-electron chi connectivity index (χ4n) is 4.94. The smallest absolute Gasteiger partial charge is 0.407 e. The van der Waals surface area contributed by atoms with Crippen molar-refractivity contribution in [2.24, 2.45) is 0 Å². The van der Waals surface area contributed by atoms with E-state index in [1.165, 1.54) is 0 Å². The first-order valence-electron chi connectivity index (χ1n) is 13.1. The Kier molecular flexibility index (Phi) is 8.39.